The van der Waals surface area contributed by atoms with Gasteiger partial charge in [0.05, 0.1) is 0 Å². The average molecular weight is 267 g/mol. The van der Waals surface area contributed by atoms with E-state index in [2.05, 4.69) is 4.98 Å². The Kier molecular flexibility index (Phi) is 4.33. The maximum Gasteiger partial charge on any atom is 0.406 e. The summed E-state index contributed by atoms with van der Waals surface area (Å²) < 4.78 is 36.8. The van der Waals surface area contributed by atoms with Crippen molar-refractivity contribution in [2.75, 3.05) is 18.8 Å². The number of thiazole rings is 1. The molecule has 0 aromatic carbocycles. The fraction of sp³-hybridized carbons (Fsp3) is 0.556. The highest BCUT2D eigenvalue weighted by Gasteiger charge is 2.33. The van der Waals surface area contributed by atoms with Gasteiger partial charge in [-0.05, 0) is 6.42 Å². The first-order valence-electron chi connectivity index (χ1n) is 4.90. The molecule has 1 aromatic rings. The number of carbonyl (C=O) groups is 1. The summed E-state index contributed by atoms with van der Waals surface area (Å²) in [5.41, 5.74) is 5.30. The van der Waals surface area contributed by atoms with E-state index in [4.69, 9.17) is 5.73 Å². The molecule has 0 aliphatic heterocycles. The van der Waals surface area contributed by atoms with Crippen molar-refractivity contribution >= 4 is 22.4 Å². The van der Waals surface area contributed by atoms with Crippen molar-refractivity contribution in [3.63, 3.8) is 0 Å². The van der Waals surface area contributed by atoms with E-state index >= 15 is 0 Å². The molecule has 0 saturated heterocycles. The zero-order valence-corrected chi connectivity index (χ0v) is 9.94. The lowest BCUT2D eigenvalue weighted by atomic mass is 10.3. The minimum absolute atomic E-state index is 0.0369. The summed E-state index contributed by atoms with van der Waals surface area (Å²) in [5.74, 6) is -0.739. The molecule has 1 amide bonds. The molecular formula is C9H12F3N3OS. The normalized spacial score (nSPS) is 11.5. The van der Waals surface area contributed by atoms with E-state index in [9.17, 15) is 18.0 Å². The molecule has 96 valence electrons. The number of anilines is 1. The number of halogens is 3. The third-order valence-corrected chi connectivity index (χ3v) is 2.57. The van der Waals surface area contributed by atoms with Crippen LogP contribution in [0.1, 0.15) is 23.8 Å². The van der Waals surface area contributed by atoms with Gasteiger partial charge in [-0.2, -0.15) is 13.2 Å². The number of alkyl halides is 3. The van der Waals surface area contributed by atoms with Crippen molar-refractivity contribution in [3.8, 4) is 0 Å². The molecule has 0 unspecified atom stereocenters. The predicted molar refractivity (Wildman–Crippen MR) is 58.8 cm³/mol. The standard InChI is InChI=1S/C9H12F3N3OS/c1-2-3-15(5-9(10,11)12)7(16)6-4-17-8(13)14-6/h4H,2-3,5H2,1H3,(H2,13,14). The zero-order chi connectivity index (χ0) is 13.1. The highest BCUT2D eigenvalue weighted by atomic mass is 32.1. The highest BCUT2D eigenvalue weighted by Crippen LogP contribution is 2.19. The topological polar surface area (TPSA) is 59.2 Å². The van der Waals surface area contributed by atoms with Crippen LogP contribution < -0.4 is 5.73 Å². The van der Waals surface area contributed by atoms with Gasteiger partial charge >= 0.3 is 6.18 Å². The first kappa shape index (κ1) is 13.8. The largest absolute Gasteiger partial charge is 0.406 e. The summed E-state index contributed by atoms with van der Waals surface area (Å²) in [4.78, 5) is 16.2. The first-order valence-corrected chi connectivity index (χ1v) is 5.78. The van der Waals surface area contributed by atoms with Crippen LogP contribution in [0.2, 0.25) is 0 Å². The lowest BCUT2D eigenvalue weighted by Gasteiger charge is -2.22. The molecule has 17 heavy (non-hydrogen) atoms. The monoisotopic (exact) mass is 267 g/mol. The number of rotatable bonds is 4. The van der Waals surface area contributed by atoms with Crippen molar-refractivity contribution in [1.82, 2.24) is 9.88 Å². The second-order valence-corrected chi connectivity index (χ2v) is 4.30. The molecule has 0 aliphatic rings. The number of hydrogen-bond donors (Lipinski definition) is 1. The Hall–Kier alpha value is -1.31. The predicted octanol–water partition coefficient (Wildman–Crippen LogP) is 2.14. The maximum atomic E-state index is 12.3. The van der Waals surface area contributed by atoms with E-state index in [0.29, 0.717) is 6.42 Å². The summed E-state index contributed by atoms with van der Waals surface area (Å²) >= 11 is 1.02. The van der Waals surface area contributed by atoms with Crippen molar-refractivity contribution < 1.29 is 18.0 Å². The molecular weight excluding hydrogens is 255 g/mol. The molecule has 0 radical (unpaired) electrons. The molecule has 0 spiro atoms. The van der Waals surface area contributed by atoms with Crippen molar-refractivity contribution in [3.05, 3.63) is 11.1 Å². The van der Waals surface area contributed by atoms with Crippen LogP contribution in [0.15, 0.2) is 5.38 Å². The molecule has 0 saturated carbocycles. The minimum atomic E-state index is -4.41. The Morgan fingerprint density at radius 2 is 2.24 bits per heavy atom. The average Bonchev–Trinajstić information content (AvgIpc) is 2.61. The maximum absolute atomic E-state index is 12.3. The van der Waals surface area contributed by atoms with Crippen LogP contribution in [-0.4, -0.2) is 35.1 Å². The molecule has 1 heterocycles. The van der Waals surface area contributed by atoms with Gasteiger partial charge in [-0.15, -0.1) is 11.3 Å². The van der Waals surface area contributed by atoms with Gasteiger partial charge in [-0.25, -0.2) is 4.98 Å². The van der Waals surface area contributed by atoms with E-state index in [1.54, 1.807) is 6.92 Å². The van der Waals surface area contributed by atoms with Crippen LogP contribution >= 0.6 is 11.3 Å². The lowest BCUT2D eigenvalue weighted by Crippen LogP contribution is -2.39. The number of nitrogens with two attached hydrogens (primary N) is 1. The molecule has 4 nitrogen and oxygen atoms in total. The lowest BCUT2D eigenvalue weighted by molar-refractivity contribution is -0.140. The smallest absolute Gasteiger partial charge is 0.375 e. The number of aromatic nitrogens is 1. The molecule has 1 rings (SSSR count). The number of carbonyl (C=O) groups excluding carboxylic acids is 1. The van der Waals surface area contributed by atoms with Gasteiger partial charge in [0, 0.05) is 11.9 Å². The fourth-order valence-electron chi connectivity index (χ4n) is 1.29. The Bertz CT molecular complexity index is 391. The first-order chi connectivity index (χ1) is 7.83. The molecule has 0 atom stereocenters. The van der Waals surface area contributed by atoms with Crippen LogP contribution in [0.5, 0.6) is 0 Å². The number of nitrogens with zero attached hydrogens (tertiary/aromatic N) is 2. The summed E-state index contributed by atoms with van der Waals surface area (Å²) in [6, 6.07) is 0. The van der Waals surface area contributed by atoms with E-state index < -0.39 is 18.6 Å². The molecule has 0 bridgehead atoms. The van der Waals surface area contributed by atoms with E-state index in [0.717, 1.165) is 16.2 Å². The van der Waals surface area contributed by atoms with Gasteiger partial charge in [0.15, 0.2) is 5.13 Å². The number of nitrogen functional groups attached to an aromatic ring is 1. The Morgan fingerprint density at radius 3 is 2.65 bits per heavy atom. The van der Waals surface area contributed by atoms with Gasteiger partial charge in [0.25, 0.3) is 5.91 Å². The van der Waals surface area contributed by atoms with Gasteiger partial charge in [0.1, 0.15) is 12.2 Å². The van der Waals surface area contributed by atoms with Crippen LogP contribution in [0.4, 0.5) is 18.3 Å². The van der Waals surface area contributed by atoms with Crippen molar-refractivity contribution in [2.45, 2.75) is 19.5 Å². The van der Waals surface area contributed by atoms with Crippen LogP contribution in [0.25, 0.3) is 0 Å². The van der Waals surface area contributed by atoms with Crippen molar-refractivity contribution in [2.24, 2.45) is 0 Å². The van der Waals surface area contributed by atoms with E-state index in [1.165, 1.54) is 5.38 Å². The highest BCUT2D eigenvalue weighted by molar-refractivity contribution is 7.13. The summed E-state index contributed by atoms with van der Waals surface area (Å²) in [6.07, 6.45) is -3.96. The number of amides is 1. The molecule has 0 aliphatic carbocycles. The third kappa shape index (κ3) is 4.22. The molecule has 2 N–H and O–H groups in total. The third-order valence-electron chi connectivity index (χ3n) is 1.89. The molecule has 1 aromatic heterocycles. The summed E-state index contributed by atoms with van der Waals surface area (Å²) in [5, 5.41) is 1.52. The number of hydrogen-bond acceptors (Lipinski definition) is 4. The van der Waals surface area contributed by atoms with Gasteiger partial charge in [0.2, 0.25) is 0 Å². The Balaban J connectivity index is 2.80. The molecule has 8 heteroatoms. The van der Waals surface area contributed by atoms with Gasteiger partial charge in [-0.1, -0.05) is 6.92 Å². The van der Waals surface area contributed by atoms with Crippen LogP contribution in [0.3, 0.4) is 0 Å². The fourth-order valence-corrected chi connectivity index (χ4v) is 1.82. The van der Waals surface area contributed by atoms with E-state index in [1.807, 2.05) is 0 Å². The van der Waals surface area contributed by atoms with Gasteiger partial charge in [-0.3, -0.25) is 4.79 Å². The van der Waals surface area contributed by atoms with Crippen molar-refractivity contribution in [1.29, 1.82) is 0 Å². The second kappa shape index (κ2) is 5.35. The zero-order valence-electron chi connectivity index (χ0n) is 9.12. The van der Waals surface area contributed by atoms with E-state index in [-0.39, 0.29) is 17.4 Å². The Labute approximate surface area is 100 Å². The SMILES string of the molecule is CCCN(CC(F)(F)F)C(=O)c1csc(N)n1. The minimum Gasteiger partial charge on any atom is -0.375 e. The summed E-state index contributed by atoms with van der Waals surface area (Å²) in [7, 11) is 0. The van der Waals surface area contributed by atoms with Crippen LogP contribution in [-0.2, 0) is 0 Å². The quantitative estimate of drug-likeness (QED) is 0.909. The summed E-state index contributed by atoms with van der Waals surface area (Å²) in [6.45, 7) is 0.471. The van der Waals surface area contributed by atoms with Crippen LogP contribution in [0, 0.1) is 0 Å². The second-order valence-electron chi connectivity index (χ2n) is 3.41. The molecule has 0 fully saturated rings. The van der Waals surface area contributed by atoms with Gasteiger partial charge < -0.3 is 10.6 Å². The Morgan fingerprint density at radius 1 is 1.59 bits per heavy atom.